The lowest BCUT2D eigenvalue weighted by Gasteiger charge is -2.37. The molecule has 0 aromatic rings. The maximum absolute atomic E-state index is 5.36. The highest BCUT2D eigenvalue weighted by Gasteiger charge is 2.25. The molecule has 0 amide bonds. The van der Waals surface area contributed by atoms with Crippen LogP contribution in [0.15, 0.2) is 0 Å². The standard InChI is InChI=1S/C12H24N2O/c1-2-11-5-3-4-6-12(11)13-14-7-9-15-10-8-14/h11-13H,2-10H2,1H3. The number of hydrazine groups is 1. The third kappa shape index (κ3) is 3.16. The molecule has 3 nitrogen and oxygen atoms in total. The lowest BCUT2D eigenvalue weighted by Crippen LogP contribution is -2.52. The highest BCUT2D eigenvalue weighted by atomic mass is 16.5. The van der Waals surface area contributed by atoms with E-state index in [1.165, 1.54) is 32.1 Å². The van der Waals surface area contributed by atoms with E-state index >= 15 is 0 Å². The van der Waals surface area contributed by atoms with Crippen LogP contribution in [0.3, 0.4) is 0 Å². The molecule has 0 aromatic heterocycles. The van der Waals surface area contributed by atoms with E-state index in [1.54, 1.807) is 0 Å². The van der Waals surface area contributed by atoms with Gasteiger partial charge in [-0.3, -0.25) is 5.43 Å². The van der Waals surface area contributed by atoms with E-state index in [-0.39, 0.29) is 0 Å². The van der Waals surface area contributed by atoms with Crippen LogP contribution in [-0.2, 0) is 4.74 Å². The Morgan fingerprint density at radius 2 is 1.93 bits per heavy atom. The van der Waals surface area contributed by atoms with Gasteiger partial charge in [0.05, 0.1) is 13.2 Å². The molecule has 88 valence electrons. The third-order valence-corrected chi connectivity index (χ3v) is 3.79. The number of hydrogen-bond acceptors (Lipinski definition) is 3. The molecule has 1 aliphatic heterocycles. The minimum Gasteiger partial charge on any atom is -0.379 e. The van der Waals surface area contributed by atoms with Crippen LogP contribution in [0.1, 0.15) is 39.0 Å². The van der Waals surface area contributed by atoms with Crippen LogP contribution in [0.2, 0.25) is 0 Å². The molecule has 0 spiro atoms. The number of nitrogens with one attached hydrogen (secondary N) is 1. The summed E-state index contributed by atoms with van der Waals surface area (Å²) >= 11 is 0. The molecule has 0 radical (unpaired) electrons. The molecular formula is C12H24N2O. The number of morpholine rings is 1. The first-order chi connectivity index (χ1) is 7.40. The number of ether oxygens (including phenoxy) is 1. The van der Waals surface area contributed by atoms with E-state index in [2.05, 4.69) is 17.4 Å². The van der Waals surface area contributed by atoms with Gasteiger partial charge in [0.15, 0.2) is 0 Å². The van der Waals surface area contributed by atoms with Crippen molar-refractivity contribution in [1.82, 2.24) is 10.4 Å². The maximum Gasteiger partial charge on any atom is 0.0608 e. The summed E-state index contributed by atoms with van der Waals surface area (Å²) in [6, 6.07) is 0.724. The Balaban J connectivity index is 1.79. The van der Waals surface area contributed by atoms with Gasteiger partial charge in [-0.1, -0.05) is 26.2 Å². The molecule has 2 unspecified atom stereocenters. The van der Waals surface area contributed by atoms with Gasteiger partial charge >= 0.3 is 0 Å². The fraction of sp³-hybridized carbons (Fsp3) is 1.00. The van der Waals surface area contributed by atoms with Gasteiger partial charge in [-0.05, 0) is 18.8 Å². The van der Waals surface area contributed by atoms with Gasteiger partial charge in [0.2, 0.25) is 0 Å². The smallest absolute Gasteiger partial charge is 0.0608 e. The summed E-state index contributed by atoms with van der Waals surface area (Å²) in [6.07, 6.45) is 6.93. The predicted molar refractivity (Wildman–Crippen MR) is 61.6 cm³/mol. The second kappa shape index (κ2) is 5.83. The van der Waals surface area contributed by atoms with Gasteiger partial charge in [0, 0.05) is 19.1 Å². The summed E-state index contributed by atoms with van der Waals surface area (Å²) in [4.78, 5) is 0. The largest absolute Gasteiger partial charge is 0.379 e. The number of rotatable bonds is 3. The Morgan fingerprint density at radius 3 is 2.67 bits per heavy atom. The van der Waals surface area contributed by atoms with Crippen LogP contribution in [0.5, 0.6) is 0 Å². The van der Waals surface area contributed by atoms with E-state index in [0.29, 0.717) is 0 Å². The fourth-order valence-electron chi connectivity index (χ4n) is 2.79. The molecule has 1 saturated heterocycles. The van der Waals surface area contributed by atoms with Gasteiger partial charge in [-0.25, -0.2) is 5.01 Å². The van der Waals surface area contributed by atoms with Crippen molar-refractivity contribution in [2.45, 2.75) is 45.1 Å². The van der Waals surface area contributed by atoms with Crippen LogP contribution in [0.4, 0.5) is 0 Å². The summed E-state index contributed by atoms with van der Waals surface area (Å²) in [7, 11) is 0. The van der Waals surface area contributed by atoms with Gasteiger partial charge in [-0.2, -0.15) is 0 Å². The Hall–Kier alpha value is -0.120. The van der Waals surface area contributed by atoms with Crippen LogP contribution in [0, 0.1) is 5.92 Å². The molecule has 1 N–H and O–H groups in total. The molecule has 3 heteroatoms. The zero-order valence-electron chi connectivity index (χ0n) is 9.87. The first-order valence-electron chi connectivity index (χ1n) is 6.49. The molecule has 1 saturated carbocycles. The third-order valence-electron chi connectivity index (χ3n) is 3.79. The molecule has 2 aliphatic rings. The van der Waals surface area contributed by atoms with Crippen molar-refractivity contribution in [2.24, 2.45) is 5.92 Å². The lowest BCUT2D eigenvalue weighted by molar-refractivity contribution is -0.00661. The zero-order chi connectivity index (χ0) is 10.5. The summed E-state index contributed by atoms with van der Waals surface area (Å²) in [5.74, 6) is 0.890. The zero-order valence-corrected chi connectivity index (χ0v) is 9.87. The van der Waals surface area contributed by atoms with E-state index in [4.69, 9.17) is 4.74 Å². The summed E-state index contributed by atoms with van der Waals surface area (Å²) in [6.45, 7) is 6.19. The molecule has 2 rings (SSSR count). The fourth-order valence-corrected chi connectivity index (χ4v) is 2.79. The first kappa shape index (κ1) is 11.4. The van der Waals surface area contributed by atoms with Crippen molar-refractivity contribution in [3.63, 3.8) is 0 Å². The topological polar surface area (TPSA) is 24.5 Å². The minimum atomic E-state index is 0.724. The molecule has 2 fully saturated rings. The van der Waals surface area contributed by atoms with Gasteiger partial charge in [0.25, 0.3) is 0 Å². The van der Waals surface area contributed by atoms with Gasteiger partial charge in [-0.15, -0.1) is 0 Å². The molecular weight excluding hydrogens is 188 g/mol. The van der Waals surface area contributed by atoms with Gasteiger partial charge < -0.3 is 4.74 Å². The van der Waals surface area contributed by atoms with E-state index in [1.807, 2.05) is 0 Å². The van der Waals surface area contributed by atoms with Crippen molar-refractivity contribution in [3.8, 4) is 0 Å². The highest BCUT2D eigenvalue weighted by molar-refractivity contribution is 4.79. The molecule has 15 heavy (non-hydrogen) atoms. The summed E-state index contributed by atoms with van der Waals surface area (Å²) < 4.78 is 5.36. The average Bonchev–Trinajstić information content (AvgIpc) is 2.31. The quantitative estimate of drug-likeness (QED) is 0.772. The Kier molecular flexibility index (Phi) is 4.42. The number of hydrogen-bond donors (Lipinski definition) is 1. The van der Waals surface area contributed by atoms with E-state index < -0.39 is 0 Å². The Morgan fingerprint density at radius 1 is 1.20 bits per heavy atom. The second-order valence-electron chi connectivity index (χ2n) is 4.79. The molecule has 2 atom stereocenters. The summed E-state index contributed by atoms with van der Waals surface area (Å²) in [5.41, 5.74) is 3.71. The molecule has 1 heterocycles. The van der Waals surface area contributed by atoms with Crippen molar-refractivity contribution >= 4 is 0 Å². The number of nitrogens with zero attached hydrogens (tertiary/aromatic N) is 1. The normalized spacial score (nSPS) is 34.2. The average molecular weight is 212 g/mol. The monoisotopic (exact) mass is 212 g/mol. The van der Waals surface area contributed by atoms with E-state index in [9.17, 15) is 0 Å². The van der Waals surface area contributed by atoms with Gasteiger partial charge in [0.1, 0.15) is 0 Å². The SMILES string of the molecule is CCC1CCCCC1NN1CCOCC1. The Labute approximate surface area is 93.1 Å². The van der Waals surface area contributed by atoms with Crippen LogP contribution in [0.25, 0.3) is 0 Å². The molecule has 0 bridgehead atoms. The summed E-state index contributed by atoms with van der Waals surface area (Å²) in [5, 5.41) is 2.36. The van der Waals surface area contributed by atoms with Crippen LogP contribution in [-0.4, -0.2) is 37.4 Å². The maximum atomic E-state index is 5.36. The molecule has 1 aliphatic carbocycles. The van der Waals surface area contributed by atoms with Crippen molar-refractivity contribution in [3.05, 3.63) is 0 Å². The highest BCUT2D eigenvalue weighted by Crippen LogP contribution is 2.26. The lowest BCUT2D eigenvalue weighted by atomic mass is 9.83. The minimum absolute atomic E-state index is 0.724. The predicted octanol–water partition coefficient (Wildman–Crippen LogP) is 1.79. The first-order valence-corrected chi connectivity index (χ1v) is 6.49. The van der Waals surface area contributed by atoms with E-state index in [0.717, 1.165) is 38.3 Å². The Bertz CT molecular complexity index is 180. The van der Waals surface area contributed by atoms with Crippen LogP contribution < -0.4 is 5.43 Å². The van der Waals surface area contributed by atoms with Crippen molar-refractivity contribution < 1.29 is 4.74 Å². The van der Waals surface area contributed by atoms with Crippen molar-refractivity contribution in [2.75, 3.05) is 26.3 Å². The van der Waals surface area contributed by atoms with Crippen molar-refractivity contribution in [1.29, 1.82) is 0 Å². The van der Waals surface area contributed by atoms with Crippen LogP contribution >= 0.6 is 0 Å². The molecule has 0 aromatic carbocycles. The second-order valence-corrected chi connectivity index (χ2v) is 4.79.